The number of hydrogen-bond acceptors (Lipinski definition) is 5. The van der Waals surface area contributed by atoms with Crippen LogP contribution in [0, 0.1) is 0 Å². The predicted octanol–water partition coefficient (Wildman–Crippen LogP) is 2.20. The molecule has 0 radical (unpaired) electrons. The highest BCUT2D eigenvalue weighted by Crippen LogP contribution is 2.20. The maximum Gasteiger partial charge on any atom is 0.0953 e. The van der Waals surface area contributed by atoms with E-state index in [-0.39, 0.29) is 6.10 Å². The van der Waals surface area contributed by atoms with Crippen LogP contribution in [0.5, 0.6) is 0 Å². The second-order valence-corrected chi connectivity index (χ2v) is 7.07. The van der Waals surface area contributed by atoms with Crippen molar-refractivity contribution < 1.29 is 5.11 Å². The first kappa shape index (κ1) is 15.9. The van der Waals surface area contributed by atoms with Crippen molar-refractivity contribution in [1.29, 1.82) is 0 Å². The van der Waals surface area contributed by atoms with E-state index in [1.54, 1.807) is 0 Å². The van der Waals surface area contributed by atoms with Crippen LogP contribution < -0.4 is 5.32 Å². The Morgan fingerprint density at radius 2 is 2.20 bits per heavy atom. The van der Waals surface area contributed by atoms with E-state index in [9.17, 15) is 5.11 Å². The smallest absolute Gasteiger partial charge is 0.0953 e. The van der Waals surface area contributed by atoms with Crippen molar-refractivity contribution >= 4 is 11.3 Å². The van der Waals surface area contributed by atoms with Crippen molar-refractivity contribution in [2.24, 2.45) is 0 Å². The van der Waals surface area contributed by atoms with E-state index in [1.165, 1.54) is 16.3 Å². The maximum atomic E-state index is 9.46. The van der Waals surface area contributed by atoms with Crippen LogP contribution in [0.15, 0.2) is 6.20 Å². The lowest BCUT2D eigenvalue weighted by Crippen LogP contribution is -2.37. The highest BCUT2D eigenvalue weighted by molar-refractivity contribution is 7.11. The van der Waals surface area contributed by atoms with Gasteiger partial charge in [0.15, 0.2) is 0 Å². The molecule has 0 unspecified atom stereocenters. The van der Waals surface area contributed by atoms with Gasteiger partial charge in [0.2, 0.25) is 0 Å². The summed E-state index contributed by atoms with van der Waals surface area (Å²) in [5.41, 5.74) is 0. The van der Waals surface area contributed by atoms with Crippen LogP contribution in [0.4, 0.5) is 0 Å². The average Bonchev–Trinajstić information content (AvgIpc) is 2.89. The fourth-order valence-electron chi connectivity index (χ4n) is 2.45. The third-order valence-corrected chi connectivity index (χ3v) is 5.05. The number of thiazole rings is 1. The molecule has 5 heteroatoms. The van der Waals surface area contributed by atoms with E-state index in [4.69, 9.17) is 0 Å². The number of piperidine rings is 1. The zero-order valence-electron chi connectivity index (χ0n) is 12.6. The van der Waals surface area contributed by atoms with Crippen molar-refractivity contribution in [3.05, 3.63) is 16.1 Å². The molecular weight excluding hydrogens is 270 g/mol. The standard InChI is InChI=1S/C15H27N3OS/c1-12(2)15-17-11-14(20-15)10-16-6-3-7-18-8-4-13(19)5-9-18/h11-13,16,19H,3-10H2,1-2H3. The Morgan fingerprint density at radius 3 is 2.85 bits per heavy atom. The molecule has 2 rings (SSSR count). The van der Waals surface area contributed by atoms with Gasteiger partial charge < -0.3 is 15.3 Å². The fourth-order valence-corrected chi connectivity index (χ4v) is 3.34. The summed E-state index contributed by atoms with van der Waals surface area (Å²) < 4.78 is 0. The minimum absolute atomic E-state index is 0.0640. The van der Waals surface area contributed by atoms with E-state index in [2.05, 4.69) is 29.0 Å². The van der Waals surface area contributed by atoms with E-state index in [1.807, 2.05) is 17.5 Å². The maximum absolute atomic E-state index is 9.46. The summed E-state index contributed by atoms with van der Waals surface area (Å²) in [6, 6.07) is 0. The molecule has 0 atom stereocenters. The van der Waals surface area contributed by atoms with Gasteiger partial charge in [-0.3, -0.25) is 0 Å². The van der Waals surface area contributed by atoms with Gasteiger partial charge >= 0.3 is 0 Å². The van der Waals surface area contributed by atoms with Gasteiger partial charge in [0.1, 0.15) is 0 Å². The van der Waals surface area contributed by atoms with Gasteiger partial charge in [-0.1, -0.05) is 13.8 Å². The van der Waals surface area contributed by atoms with Gasteiger partial charge in [0.25, 0.3) is 0 Å². The minimum Gasteiger partial charge on any atom is -0.393 e. The van der Waals surface area contributed by atoms with Crippen molar-refractivity contribution in [2.75, 3.05) is 26.2 Å². The molecule has 0 aromatic carbocycles. The number of aromatic nitrogens is 1. The summed E-state index contributed by atoms with van der Waals surface area (Å²) in [7, 11) is 0. The molecule has 0 saturated carbocycles. The largest absolute Gasteiger partial charge is 0.393 e. The molecule has 20 heavy (non-hydrogen) atoms. The number of aliphatic hydroxyl groups excluding tert-OH is 1. The molecule has 114 valence electrons. The van der Waals surface area contributed by atoms with Gasteiger partial charge in [-0.2, -0.15) is 0 Å². The molecule has 1 aliphatic heterocycles. The SMILES string of the molecule is CC(C)c1ncc(CNCCCN2CCC(O)CC2)s1. The van der Waals surface area contributed by atoms with Gasteiger partial charge in [-0.05, 0) is 32.4 Å². The van der Waals surface area contributed by atoms with Crippen LogP contribution in [-0.4, -0.2) is 47.3 Å². The first-order valence-electron chi connectivity index (χ1n) is 7.71. The molecule has 2 N–H and O–H groups in total. The molecule has 0 spiro atoms. The zero-order chi connectivity index (χ0) is 14.4. The van der Waals surface area contributed by atoms with E-state index < -0.39 is 0 Å². The Kier molecular flexibility index (Phi) is 6.42. The Hall–Kier alpha value is -0.490. The summed E-state index contributed by atoms with van der Waals surface area (Å²) in [5, 5.41) is 14.2. The molecule has 1 saturated heterocycles. The van der Waals surface area contributed by atoms with Crippen molar-refractivity contribution in [3.63, 3.8) is 0 Å². The Labute approximate surface area is 126 Å². The van der Waals surface area contributed by atoms with Crippen molar-refractivity contribution in [2.45, 2.75) is 51.7 Å². The lowest BCUT2D eigenvalue weighted by Gasteiger charge is -2.29. The summed E-state index contributed by atoms with van der Waals surface area (Å²) in [6.07, 6.45) is 4.98. The number of likely N-dealkylation sites (tertiary alicyclic amines) is 1. The molecule has 0 amide bonds. The minimum atomic E-state index is -0.0640. The van der Waals surface area contributed by atoms with Crippen molar-refractivity contribution in [1.82, 2.24) is 15.2 Å². The molecule has 1 fully saturated rings. The average molecular weight is 297 g/mol. The van der Waals surface area contributed by atoms with Crippen LogP contribution in [0.1, 0.15) is 48.9 Å². The topological polar surface area (TPSA) is 48.4 Å². The first-order chi connectivity index (χ1) is 9.65. The summed E-state index contributed by atoms with van der Waals surface area (Å²) in [4.78, 5) is 8.23. The van der Waals surface area contributed by atoms with Crippen LogP contribution >= 0.6 is 11.3 Å². The molecule has 1 aliphatic rings. The fraction of sp³-hybridized carbons (Fsp3) is 0.800. The number of nitrogens with zero attached hydrogens (tertiary/aromatic N) is 2. The molecule has 1 aromatic heterocycles. The molecular formula is C15H27N3OS. The number of nitrogens with one attached hydrogen (secondary N) is 1. The number of hydrogen-bond donors (Lipinski definition) is 2. The number of aliphatic hydroxyl groups is 1. The molecule has 4 nitrogen and oxygen atoms in total. The molecule has 0 aliphatic carbocycles. The monoisotopic (exact) mass is 297 g/mol. The lowest BCUT2D eigenvalue weighted by atomic mass is 10.1. The van der Waals surface area contributed by atoms with Gasteiger partial charge in [-0.15, -0.1) is 11.3 Å². The second-order valence-electron chi connectivity index (χ2n) is 5.92. The lowest BCUT2D eigenvalue weighted by molar-refractivity contribution is 0.0821. The van der Waals surface area contributed by atoms with Gasteiger partial charge in [-0.25, -0.2) is 4.98 Å². The normalized spacial score (nSPS) is 18.0. The summed E-state index contributed by atoms with van der Waals surface area (Å²) in [5.74, 6) is 0.531. The highest BCUT2D eigenvalue weighted by atomic mass is 32.1. The molecule has 0 bridgehead atoms. The predicted molar refractivity (Wildman–Crippen MR) is 84.2 cm³/mol. The zero-order valence-corrected chi connectivity index (χ0v) is 13.5. The van der Waals surface area contributed by atoms with Crippen LogP contribution in [0.2, 0.25) is 0 Å². The Balaban J connectivity index is 1.55. The van der Waals surface area contributed by atoms with E-state index in [0.717, 1.165) is 45.6 Å². The summed E-state index contributed by atoms with van der Waals surface area (Å²) in [6.45, 7) is 9.59. The Bertz CT molecular complexity index is 386. The van der Waals surface area contributed by atoms with Crippen LogP contribution in [-0.2, 0) is 6.54 Å². The summed E-state index contributed by atoms with van der Waals surface area (Å²) >= 11 is 1.82. The van der Waals surface area contributed by atoms with Crippen LogP contribution in [0.3, 0.4) is 0 Å². The van der Waals surface area contributed by atoms with Crippen molar-refractivity contribution in [3.8, 4) is 0 Å². The third kappa shape index (κ3) is 5.13. The van der Waals surface area contributed by atoms with Gasteiger partial charge in [0, 0.05) is 36.6 Å². The second kappa shape index (κ2) is 8.08. The van der Waals surface area contributed by atoms with E-state index in [0.29, 0.717) is 5.92 Å². The molecule has 1 aromatic rings. The third-order valence-electron chi connectivity index (χ3n) is 3.75. The van der Waals surface area contributed by atoms with Crippen LogP contribution in [0.25, 0.3) is 0 Å². The van der Waals surface area contributed by atoms with E-state index >= 15 is 0 Å². The van der Waals surface area contributed by atoms with Gasteiger partial charge in [0.05, 0.1) is 11.1 Å². The highest BCUT2D eigenvalue weighted by Gasteiger charge is 2.15. The number of rotatable bonds is 7. The first-order valence-corrected chi connectivity index (χ1v) is 8.52. The quantitative estimate of drug-likeness (QED) is 0.758. The molecule has 2 heterocycles. The Morgan fingerprint density at radius 1 is 1.45 bits per heavy atom.